The number of fused-ring (bicyclic) bond motifs is 1. The predicted octanol–water partition coefficient (Wildman–Crippen LogP) is 5.16. The van der Waals surface area contributed by atoms with E-state index in [1.54, 1.807) is 0 Å². The Morgan fingerprint density at radius 3 is 2.33 bits per heavy atom. The van der Waals surface area contributed by atoms with Gasteiger partial charge in [0.2, 0.25) is 0 Å². The van der Waals surface area contributed by atoms with E-state index in [2.05, 4.69) is 21.2 Å². The number of hydrogen-bond donors (Lipinski definition) is 1. The number of carbonyl (C=O) groups excluding carboxylic acids is 1. The lowest BCUT2D eigenvalue weighted by atomic mass is 10.1. The van der Waals surface area contributed by atoms with E-state index in [0.29, 0.717) is 5.56 Å². The second-order valence-electron chi connectivity index (χ2n) is 5.03. The van der Waals surface area contributed by atoms with Crippen molar-refractivity contribution in [3.63, 3.8) is 0 Å². The van der Waals surface area contributed by atoms with Crippen molar-refractivity contribution >= 4 is 38.3 Å². The van der Waals surface area contributed by atoms with Crippen LogP contribution in [0.3, 0.4) is 0 Å². The number of halogens is 1. The Balaban J connectivity index is 1.87. The molecule has 3 rings (SSSR count). The maximum atomic E-state index is 12.3. The van der Waals surface area contributed by atoms with Crippen LogP contribution < -0.4 is 5.32 Å². The van der Waals surface area contributed by atoms with Gasteiger partial charge in [0.15, 0.2) is 0 Å². The highest BCUT2D eigenvalue weighted by Crippen LogP contribution is 2.21. The third kappa shape index (κ3) is 3.14. The predicted molar refractivity (Wildman–Crippen MR) is 90.8 cm³/mol. The van der Waals surface area contributed by atoms with Crippen LogP contribution in [-0.2, 0) is 0 Å². The molecule has 0 saturated heterocycles. The van der Waals surface area contributed by atoms with Crippen LogP contribution in [0, 0.1) is 6.92 Å². The molecule has 0 spiro atoms. The highest BCUT2D eigenvalue weighted by molar-refractivity contribution is 9.10. The summed E-state index contributed by atoms with van der Waals surface area (Å²) in [5.74, 6) is -0.0938. The summed E-state index contributed by atoms with van der Waals surface area (Å²) in [7, 11) is 0. The van der Waals surface area contributed by atoms with Crippen LogP contribution >= 0.6 is 15.9 Å². The van der Waals surface area contributed by atoms with Gasteiger partial charge in [-0.1, -0.05) is 45.8 Å². The number of aryl methyl sites for hydroxylation is 1. The second kappa shape index (κ2) is 5.70. The van der Waals surface area contributed by atoms with Gasteiger partial charge in [-0.15, -0.1) is 0 Å². The van der Waals surface area contributed by atoms with Gasteiger partial charge in [0.25, 0.3) is 5.91 Å². The Morgan fingerprint density at radius 1 is 0.905 bits per heavy atom. The fraction of sp³-hybridized carbons (Fsp3) is 0.0556. The number of nitrogens with one attached hydrogen (secondary N) is 1. The van der Waals surface area contributed by atoms with Crippen molar-refractivity contribution in [2.24, 2.45) is 0 Å². The van der Waals surface area contributed by atoms with E-state index in [-0.39, 0.29) is 5.91 Å². The maximum Gasteiger partial charge on any atom is 0.255 e. The highest BCUT2D eigenvalue weighted by atomic mass is 79.9. The molecule has 0 aliphatic rings. The molecular weight excluding hydrogens is 326 g/mol. The van der Waals surface area contributed by atoms with Gasteiger partial charge in [0.1, 0.15) is 0 Å². The van der Waals surface area contributed by atoms with E-state index >= 15 is 0 Å². The summed E-state index contributed by atoms with van der Waals surface area (Å²) in [5.41, 5.74) is 2.64. The molecule has 0 fully saturated rings. The molecule has 0 aliphatic carbocycles. The second-order valence-corrected chi connectivity index (χ2v) is 5.94. The summed E-state index contributed by atoms with van der Waals surface area (Å²) in [5, 5.41) is 5.07. The minimum atomic E-state index is -0.0938. The molecule has 3 heteroatoms. The first-order chi connectivity index (χ1) is 10.1. The molecule has 1 N–H and O–H groups in total. The van der Waals surface area contributed by atoms with Gasteiger partial charge < -0.3 is 5.32 Å². The summed E-state index contributed by atoms with van der Waals surface area (Å²) >= 11 is 3.45. The molecule has 21 heavy (non-hydrogen) atoms. The lowest BCUT2D eigenvalue weighted by molar-refractivity contribution is 0.102. The number of hydrogen-bond acceptors (Lipinski definition) is 1. The van der Waals surface area contributed by atoms with Gasteiger partial charge in [-0.2, -0.15) is 0 Å². The molecule has 104 valence electrons. The van der Waals surface area contributed by atoms with E-state index in [4.69, 9.17) is 0 Å². The molecule has 2 nitrogen and oxygen atoms in total. The SMILES string of the molecule is Cc1ccc(NC(=O)c2ccc3cc(Br)ccc3c2)cc1. The zero-order valence-electron chi connectivity index (χ0n) is 11.6. The third-order valence-electron chi connectivity index (χ3n) is 3.37. The van der Waals surface area contributed by atoms with Gasteiger partial charge in [-0.3, -0.25) is 4.79 Å². The Kier molecular flexibility index (Phi) is 3.76. The van der Waals surface area contributed by atoms with E-state index < -0.39 is 0 Å². The van der Waals surface area contributed by atoms with Crippen molar-refractivity contribution in [2.75, 3.05) is 5.32 Å². The monoisotopic (exact) mass is 339 g/mol. The first kappa shape index (κ1) is 13.8. The summed E-state index contributed by atoms with van der Waals surface area (Å²) in [6, 6.07) is 19.5. The van der Waals surface area contributed by atoms with Crippen molar-refractivity contribution in [2.45, 2.75) is 6.92 Å². The van der Waals surface area contributed by atoms with Crippen LogP contribution in [0.5, 0.6) is 0 Å². The molecule has 0 unspecified atom stereocenters. The molecule has 1 amide bonds. The Bertz CT molecular complexity index is 809. The average molecular weight is 340 g/mol. The van der Waals surface area contributed by atoms with Crippen LogP contribution in [0.15, 0.2) is 65.1 Å². The average Bonchev–Trinajstić information content (AvgIpc) is 2.49. The first-order valence-corrected chi connectivity index (χ1v) is 7.48. The van der Waals surface area contributed by atoms with E-state index in [1.165, 1.54) is 5.56 Å². The molecule has 0 atom stereocenters. The molecule has 0 radical (unpaired) electrons. The minimum absolute atomic E-state index is 0.0938. The van der Waals surface area contributed by atoms with Crippen molar-refractivity contribution in [3.05, 3.63) is 76.3 Å². The van der Waals surface area contributed by atoms with Gasteiger partial charge in [0.05, 0.1) is 0 Å². The molecular formula is C18H14BrNO. The van der Waals surface area contributed by atoms with Crippen molar-refractivity contribution in [1.29, 1.82) is 0 Å². The quantitative estimate of drug-likeness (QED) is 0.686. The van der Waals surface area contributed by atoms with Gasteiger partial charge in [-0.05, 0) is 54.1 Å². The number of rotatable bonds is 2. The number of amides is 1. The van der Waals surface area contributed by atoms with E-state index in [1.807, 2.05) is 67.6 Å². The Morgan fingerprint density at radius 2 is 1.57 bits per heavy atom. The van der Waals surface area contributed by atoms with Crippen LogP contribution in [0.2, 0.25) is 0 Å². The normalized spacial score (nSPS) is 10.6. The Labute approximate surface area is 131 Å². The number of benzene rings is 3. The summed E-state index contributed by atoms with van der Waals surface area (Å²) in [6.07, 6.45) is 0. The molecule has 3 aromatic rings. The van der Waals surface area contributed by atoms with Crippen molar-refractivity contribution in [3.8, 4) is 0 Å². The first-order valence-electron chi connectivity index (χ1n) is 6.69. The summed E-state index contributed by atoms with van der Waals surface area (Å²) in [6.45, 7) is 2.02. The smallest absolute Gasteiger partial charge is 0.255 e. The minimum Gasteiger partial charge on any atom is -0.322 e. The van der Waals surface area contributed by atoms with Gasteiger partial charge in [-0.25, -0.2) is 0 Å². The fourth-order valence-electron chi connectivity index (χ4n) is 2.20. The van der Waals surface area contributed by atoms with Crippen molar-refractivity contribution < 1.29 is 4.79 Å². The van der Waals surface area contributed by atoms with Gasteiger partial charge >= 0.3 is 0 Å². The highest BCUT2D eigenvalue weighted by Gasteiger charge is 2.07. The van der Waals surface area contributed by atoms with Gasteiger partial charge in [0, 0.05) is 15.7 Å². The van der Waals surface area contributed by atoms with E-state index in [9.17, 15) is 4.79 Å². The molecule has 0 heterocycles. The third-order valence-corrected chi connectivity index (χ3v) is 3.87. The fourth-order valence-corrected chi connectivity index (χ4v) is 2.58. The molecule has 3 aromatic carbocycles. The van der Waals surface area contributed by atoms with Crippen molar-refractivity contribution in [1.82, 2.24) is 0 Å². The summed E-state index contributed by atoms with van der Waals surface area (Å²) in [4.78, 5) is 12.3. The zero-order chi connectivity index (χ0) is 14.8. The molecule has 0 saturated carbocycles. The summed E-state index contributed by atoms with van der Waals surface area (Å²) < 4.78 is 1.03. The molecule has 0 bridgehead atoms. The molecule has 0 aromatic heterocycles. The van der Waals surface area contributed by atoms with Crippen LogP contribution in [0.1, 0.15) is 15.9 Å². The lowest BCUT2D eigenvalue weighted by Crippen LogP contribution is -2.11. The standard InChI is InChI=1S/C18H14BrNO/c1-12-2-8-17(9-3-12)20-18(21)15-5-4-14-11-16(19)7-6-13(14)10-15/h2-11H,1H3,(H,20,21). The lowest BCUT2D eigenvalue weighted by Gasteiger charge is -2.07. The Hall–Kier alpha value is -2.13. The van der Waals surface area contributed by atoms with E-state index in [0.717, 1.165) is 20.9 Å². The molecule has 0 aliphatic heterocycles. The number of anilines is 1. The van der Waals surface area contributed by atoms with Crippen LogP contribution in [0.4, 0.5) is 5.69 Å². The van der Waals surface area contributed by atoms with Crippen LogP contribution in [-0.4, -0.2) is 5.91 Å². The maximum absolute atomic E-state index is 12.3. The van der Waals surface area contributed by atoms with Crippen LogP contribution in [0.25, 0.3) is 10.8 Å². The largest absolute Gasteiger partial charge is 0.322 e. The topological polar surface area (TPSA) is 29.1 Å². The number of carbonyl (C=O) groups is 1. The zero-order valence-corrected chi connectivity index (χ0v) is 13.1.